The molecule has 2 atom stereocenters. The molecule has 0 aliphatic rings. The van der Waals surface area contributed by atoms with Crippen LogP contribution in [0.3, 0.4) is 0 Å². The first kappa shape index (κ1) is 29.1. The van der Waals surface area contributed by atoms with Gasteiger partial charge in [0.05, 0.1) is 32.7 Å². The van der Waals surface area contributed by atoms with Crippen LogP contribution in [-0.4, -0.2) is 18.6 Å². The Balaban J connectivity index is 1.60. The second kappa shape index (κ2) is 12.2. The summed E-state index contributed by atoms with van der Waals surface area (Å²) in [5, 5.41) is 21.3. The summed E-state index contributed by atoms with van der Waals surface area (Å²) in [4.78, 5) is 1.49. The van der Waals surface area contributed by atoms with Crippen molar-refractivity contribution < 1.29 is 18.6 Å². The maximum Gasteiger partial charge on any atom is 0.132 e. The minimum atomic E-state index is -3.19. The van der Waals surface area contributed by atoms with Crippen LogP contribution in [0.4, 0.5) is 0 Å². The van der Waals surface area contributed by atoms with Gasteiger partial charge in [-0.1, -0.05) is 83.9 Å². The molecule has 5 rings (SSSR count). The molecule has 0 aromatic heterocycles. The van der Waals surface area contributed by atoms with Gasteiger partial charge in [0.2, 0.25) is 0 Å². The van der Waals surface area contributed by atoms with Gasteiger partial charge in [0, 0.05) is 0 Å². The summed E-state index contributed by atoms with van der Waals surface area (Å²) in [5.74, 6) is -0.175. The Morgan fingerprint density at radius 3 is 1.19 bits per heavy atom. The molecular formula is C34H32N2O4S2. The van der Waals surface area contributed by atoms with E-state index in [4.69, 9.17) is 8.73 Å². The Hall–Kier alpha value is -4.40. The molecule has 0 fully saturated rings. The van der Waals surface area contributed by atoms with E-state index in [1.165, 1.54) is 12.1 Å². The van der Waals surface area contributed by atoms with Gasteiger partial charge in [0.25, 0.3) is 0 Å². The highest BCUT2D eigenvalue weighted by Crippen LogP contribution is 2.33. The van der Waals surface area contributed by atoms with Crippen LogP contribution in [0, 0.1) is 13.8 Å². The van der Waals surface area contributed by atoms with Gasteiger partial charge in [-0.2, -0.15) is 0 Å². The molecule has 0 bridgehead atoms. The zero-order chi connectivity index (χ0) is 29.7. The molecule has 0 amide bonds. The molecule has 5 aromatic rings. The second-order valence-electron chi connectivity index (χ2n) is 9.96. The maximum atomic E-state index is 14.5. The standard InChI is InChI=1S/C34H32N2O4S2/c1-25-15-19-29(20-16-25)41(39,33-13-7-5-11-31(33)37)35-23-27-9-3-4-10-28(27)24-36-42(40,30-21-17-26(2)18-22-30)34-14-8-6-12-32(34)38/h3-22,37-38H,23-24H2,1-2H3. The van der Waals surface area contributed by atoms with Crippen molar-refractivity contribution in [3.8, 4) is 11.5 Å². The van der Waals surface area contributed by atoms with Gasteiger partial charge in [-0.25, -0.2) is 17.1 Å². The predicted molar refractivity (Wildman–Crippen MR) is 167 cm³/mol. The first-order chi connectivity index (χ1) is 20.2. The Labute approximate surface area is 247 Å². The van der Waals surface area contributed by atoms with Crippen molar-refractivity contribution in [2.24, 2.45) is 8.73 Å². The van der Waals surface area contributed by atoms with E-state index in [9.17, 15) is 18.6 Å². The van der Waals surface area contributed by atoms with E-state index >= 15 is 0 Å². The monoisotopic (exact) mass is 596 g/mol. The average Bonchev–Trinajstić information content (AvgIpc) is 3.00. The van der Waals surface area contributed by atoms with Crippen LogP contribution in [0.1, 0.15) is 22.3 Å². The number of nitrogens with zero attached hydrogens (tertiary/aromatic N) is 2. The molecule has 0 aliphatic carbocycles. The van der Waals surface area contributed by atoms with Crippen LogP contribution in [0.15, 0.2) is 150 Å². The lowest BCUT2D eigenvalue weighted by Gasteiger charge is -2.15. The van der Waals surface area contributed by atoms with Crippen molar-refractivity contribution in [1.29, 1.82) is 0 Å². The fourth-order valence-electron chi connectivity index (χ4n) is 4.56. The normalized spacial score (nSPS) is 14.0. The molecule has 0 radical (unpaired) electrons. The van der Waals surface area contributed by atoms with E-state index in [-0.39, 0.29) is 34.4 Å². The topological polar surface area (TPSA) is 99.3 Å². The van der Waals surface area contributed by atoms with Gasteiger partial charge in [-0.3, -0.25) is 0 Å². The van der Waals surface area contributed by atoms with Crippen molar-refractivity contribution >= 4 is 19.5 Å². The average molecular weight is 597 g/mol. The molecule has 214 valence electrons. The van der Waals surface area contributed by atoms with Crippen LogP contribution in [0.25, 0.3) is 0 Å². The molecule has 0 saturated heterocycles. The summed E-state index contributed by atoms with van der Waals surface area (Å²) in [7, 11) is -6.39. The summed E-state index contributed by atoms with van der Waals surface area (Å²) in [6.45, 7) is 4.06. The van der Waals surface area contributed by atoms with Crippen LogP contribution < -0.4 is 0 Å². The minimum Gasteiger partial charge on any atom is -0.507 e. The third kappa shape index (κ3) is 5.95. The van der Waals surface area contributed by atoms with Crippen LogP contribution in [0.2, 0.25) is 0 Å². The summed E-state index contributed by atoms with van der Waals surface area (Å²) < 4.78 is 38.5. The molecule has 6 nitrogen and oxygen atoms in total. The Morgan fingerprint density at radius 2 is 0.833 bits per heavy atom. The first-order valence-electron chi connectivity index (χ1n) is 13.4. The summed E-state index contributed by atoms with van der Waals surface area (Å²) in [6, 6.07) is 35.2. The van der Waals surface area contributed by atoms with E-state index < -0.39 is 19.5 Å². The van der Waals surface area contributed by atoms with Crippen LogP contribution in [-0.2, 0) is 32.5 Å². The number of benzene rings is 5. The quantitative estimate of drug-likeness (QED) is 0.190. The molecular weight excluding hydrogens is 565 g/mol. The number of para-hydroxylation sites is 2. The van der Waals surface area contributed by atoms with Crippen LogP contribution >= 0.6 is 0 Å². The van der Waals surface area contributed by atoms with Crippen molar-refractivity contribution in [3.63, 3.8) is 0 Å². The Kier molecular flexibility index (Phi) is 8.47. The summed E-state index contributed by atoms with van der Waals surface area (Å²) in [5.41, 5.74) is 3.57. The summed E-state index contributed by atoms with van der Waals surface area (Å²) >= 11 is 0. The number of hydrogen-bond acceptors (Lipinski definition) is 6. The SMILES string of the molecule is Cc1ccc(S(=O)(=NCc2ccccc2CN=S(=O)(c2ccc(C)cc2)c2ccccc2O)c2ccccc2O)cc1. The van der Waals surface area contributed by atoms with Crippen molar-refractivity contribution in [2.75, 3.05) is 0 Å². The van der Waals surface area contributed by atoms with Crippen molar-refractivity contribution in [1.82, 2.24) is 0 Å². The fraction of sp³-hybridized carbons (Fsp3) is 0.118. The highest BCUT2D eigenvalue weighted by molar-refractivity contribution is 7.94. The summed E-state index contributed by atoms with van der Waals surface area (Å²) in [6.07, 6.45) is 0. The minimum absolute atomic E-state index is 0.0784. The van der Waals surface area contributed by atoms with E-state index in [0.29, 0.717) is 9.79 Å². The molecule has 2 N–H and O–H groups in total. The Bertz CT molecular complexity index is 1820. The van der Waals surface area contributed by atoms with Gasteiger partial charge < -0.3 is 10.2 Å². The van der Waals surface area contributed by atoms with E-state index in [2.05, 4.69) is 0 Å². The Morgan fingerprint density at radius 1 is 0.500 bits per heavy atom. The van der Waals surface area contributed by atoms with Crippen molar-refractivity contribution in [3.05, 3.63) is 144 Å². The lowest BCUT2D eigenvalue weighted by Crippen LogP contribution is -2.05. The largest absolute Gasteiger partial charge is 0.507 e. The number of rotatable bonds is 8. The van der Waals surface area contributed by atoms with Gasteiger partial charge in [-0.05, 0) is 73.5 Å². The van der Waals surface area contributed by atoms with Gasteiger partial charge in [0.15, 0.2) is 0 Å². The first-order valence-corrected chi connectivity index (χ1v) is 16.5. The van der Waals surface area contributed by atoms with E-state index in [1.54, 1.807) is 60.7 Å². The number of aromatic hydroxyl groups is 2. The maximum absolute atomic E-state index is 14.5. The number of phenols is 2. The third-order valence-corrected chi connectivity index (χ3v) is 11.6. The second-order valence-corrected chi connectivity index (χ2v) is 14.4. The molecule has 2 unspecified atom stereocenters. The molecule has 0 saturated carbocycles. The fourth-order valence-corrected chi connectivity index (χ4v) is 8.52. The number of aryl methyl sites for hydroxylation is 2. The van der Waals surface area contributed by atoms with Gasteiger partial charge in [-0.15, -0.1) is 0 Å². The highest BCUT2D eigenvalue weighted by Gasteiger charge is 2.21. The molecule has 0 heterocycles. The van der Waals surface area contributed by atoms with Gasteiger partial charge >= 0.3 is 0 Å². The molecule has 0 spiro atoms. The van der Waals surface area contributed by atoms with E-state index in [1.807, 2.05) is 62.4 Å². The van der Waals surface area contributed by atoms with Gasteiger partial charge in [0.1, 0.15) is 31.0 Å². The van der Waals surface area contributed by atoms with Crippen LogP contribution in [0.5, 0.6) is 11.5 Å². The zero-order valence-electron chi connectivity index (χ0n) is 23.4. The lowest BCUT2D eigenvalue weighted by molar-refractivity contribution is 0.460. The molecule has 0 aliphatic heterocycles. The predicted octanol–water partition coefficient (Wildman–Crippen LogP) is 7.89. The number of hydrogen-bond donors (Lipinski definition) is 2. The third-order valence-electron chi connectivity index (χ3n) is 6.96. The molecule has 42 heavy (non-hydrogen) atoms. The van der Waals surface area contributed by atoms with Crippen molar-refractivity contribution in [2.45, 2.75) is 46.5 Å². The smallest absolute Gasteiger partial charge is 0.132 e. The zero-order valence-corrected chi connectivity index (χ0v) is 25.0. The molecule has 8 heteroatoms. The lowest BCUT2D eigenvalue weighted by atomic mass is 10.1. The van der Waals surface area contributed by atoms with E-state index in [0.717, 1.165) is 22.3 Å². The highest BCUT2D eigenvalue weighted by atomic mass is 32.2. The number of phenolic OH excluding ortho intramolecular Hbond substituents is 2. The molecule has 5 aromatic carbocycles.